The van der Waals surface area contributed by atoms with Crippen molar-refractivity contribution < 1.29 is 4.74 Å². The summed E-state index contributed by atoms with van der Waals surface area (Å²) in [6.07, 6.45) is 4.70. The SMILES string of the molecule is CCOCc1nc2c(c(N3CCN4CCC[C@@H]4C3)n1)CCNCC2. The first-order valence-electron chi connectivity index (χ1n) is 9.51. The summed E-state index contributed by atoms with van der Waals surface area (Å²) in [7, 11) is 0. The molecule has 1 atom stereocenters. The Morgan fingerprint density at radius 2 is 2.08 bits per heavy atom. The van der Waals surface area contributed by atoms with Crippen molar-refractivity contribution in [3.63, 3.8) is 0 Å². The van der Waals surface area contributed by atoms with E-state index in [1.807, 2.05) is 6.92 Å². The van der Waals surface area contributed by atoms with Gasteiger partial charge in [0.25, 0.3) is 0 Å². The number of anilines is 1. The van der Waals surface area contributed by atoms with Crippen LogP contribution < -0.4 is 10.2 Å². The van der Waals surface area contributed by atoms with Crippen LogP contribution in [-0.2, 0) is 24.2 Å². The van der Waals surface area contributed by atoms with Gasteiger partial charge in [0.2, 0.25) is 0 Å². The van der Waals surface area contributed by atoms with Gasteiger partial charge in [0.15, 0.2) is 5.82 Å². The summed E-state index contributed by atoms with van der Waals surface area (Å²) in [6.45, 7) is 9.93. The van der Waals surface area contributed by atoms with E-state index in [1.54, 1.807) is 0 Å². The molecule has 6 nitrogen and oxygen atoms in total. The normalized spacial score (nSPS) is 24.5. The maximum atomic E-state index is 5.59. The molecule has 6 heteroatoms. The monoisotopic (exact) mass is 331 g/mol. The van der Waals surface area contributed by atoms with Crippen molar-refractivity contribution in [3.8, 4) is 0 Å². The smallest absolute Gasteiger partial charge is 0.156 e. The van der Waals surface area contributed by atoms with E-state index in [4.69, 9.17) is 14.7 Å². The molecule has 0 bridgehead atoms. The second-order valence-electron chi connectivity index (χ2n) is 7.05. The molecule has 1 aromatic rings. The predicted molar refractivity (Wildman–Crippen MR) is 94.4 cm³/mol. The molecule has 0 unspecified atom stereocenters. The average Bonchev–Trinajstić information content (AvgIpc) is 2.95. The van der Waals surface area contributed by atoms with E-state index in [2.05, 4.69) is 15.1 Å². The molecule has 1 aromatic heterocycles. The highest BCUT2D eigenvalue weighted by molar-refractivity contribution is 5.51. The van der Waals surface area contributed by atoms with Crippen LogP contribution in [-0.4, -0.2) is 66.8 Å². The van der Waals surface area contributed by atoms with E-state index in [1.165, 1.54) is 43.0 Å². The first-order chi connectivity index (χ1) is 11.8. The summed E-state index contributed by atoms with van der Waals surface area (Å²) in [6, 6.07) is 0.712. The molecule has 1 N–H and O–H groups in total. The van der Waals surface area contributed by atoms with Gasteiger partial charge >= 0.3 is 0 Å². The Morgan fingerprint density at radius 1 is 1.17 bits per heavy atom. The van der Waals surface area contributed by atoms with E-state index in [0.717, 1.165) is 44.8 Å². The van der Waals surface area contributed by atoms with Gasteiger partial charge in [0.1, 0.15) is 12.4 Å². The number of nitrogens with one attached hydrogen (secondary N) is 1. The number of hydrogen-bond donors (Lipinski definition) is 1. The maximum Gasteiger partial charge on any atom is 0.156 e. The summed E-state index contributed by atoms with van der Waals surface area (Å²) in [5, 5.41) is 3.50. The molecule has 3 aliphatic heterocycles. The van der Waals surface area contributed by atoms with Crippen LogP contribution in [0.5, 0.6) is 0 Å². The summed E-state index contributed by atoms with van der Waals surface area (Å²) >= 11 is 0. The predicted octanol–water partition coefficient (Wildman–Crippen LogP) is 0.986. The van der Waals surface area contributed by atoms with Gasteiger partial charge in [0, 0.05) is 50.8 Å². The molecule has 24 heavy (non-hydrogen) atoms. The van der Waals surface area contributed by atoms with Gasteiger partial charge in [0.05, 0.1) is 5.69 Å². The van der Waals surface area contributed by atoms with Crippen LogP contribution in [0.25, 0.3) is 0 Å². The minimum atomic E-state index is 0.521. The number of fused-ring (bicyclic) bond motifs is 2. The standard InChI is InChI=1S/C18H29N5O/c1-2-24-13-17-20-16-6-8-19-7-5-15(16)18(21-17)23-11-10-22-9-3-4-14(22)12-23/h14,19H,2-13H2,1H3/t14-/m1/s1. The number of piperazine rings is 1. The van der Waals surface area contributed by atoms with Gasteiger partial charge in [-0.1, -0.05) is 0 Å². The molecule has 0 aliphatic carbocycles. The van der Waals surface area contributed by atoms with Crippen LogP contribution in [0.4, 0.5) is 5.82 Å². The highest BCUT2D eigenvalue weighted by atomic mass is 16.5. The lowest BCUT2D eigenvalue weighted by Gasteiger charge is -2.39. The molecule has 0 saturated carbocycles. The molecule has 132 valence electrons. The van der Waals surface area contributed by atoms with Crippen LogP contribution in [0.15, 0.2) is 0 Å². The third-order valence-electron chi connectivity index (χ3n) is 5.53. The van der Waals surface area contributed by atoms with Crippen molar-refractivity contribution in [2.24, 2.45) is 0 Å². The Balaban J connectivity index is 1.64. The van der Waals surface area contributed by atoms with Crippen molar-refractivity contribution in [2.45, 2.75) is 45.3 Å². The Bertz CT molecular complexity index is 579. The van der Waals surface area contributed by atoms with Gasteiger partial charge in [-0.3, -0.25) is 4.90 Å². The van der Waals surface area contributed by atoms with E-state index >= 15 is 0 Å². The highest BCUT2D eigenvalue weighted by Gasteiger charge is 2.32. The lowest BCUT2D eigenvalue weighted by atomic mass is 10.1. The molecule has 0 radical (unpaired) electrons. The third kappa shape index (κ3) is 3.27. The molecule has 4 heterocycles. The first-order valence-corrected chi connectivity index (χ1v) is 9.51. The number of rotatable bonds is 4. The lowest BCUT2D eigenvalue weighted by Crippen LogP contribution is -2.50. The van der Waals surface area contributed by atoms with Crippen LogP contribution >= 0.6 is 0 Å². The van der Waals surface area contributed by atoms with E-state index < -0.39 is 0 Å². The zero-order valence-corrected chi connectivity index (χ0v) is 14.8. The second kappa shape index (κ2) is 7.33. The Kier molecular flexibility index (Phi) is 4.96. The second-order valence-corrected chi connectivity index (χ2v) is 7.05. The molecule has 0 spiro atoms. The van der Waals surface area contributed by atoms with Crippen LogP contribution in [0.1, 0.15) is 36.8 Å². The first kappa shape index (κ1) is 16.2. The van der Waals surface area contributed by atoms with Crippen molar-refractivity contribution in [1.82, 2.24) is 20.2 Å². The molecule has 0 amide bonds. The Hall–Kier alpha value is -1.24. The molecular formula is C18H29N5O. The Labute approximate surface area is 144 Å². The summed E-state index contributed by atoms with van der Waals surface area (Å²) < 4.78 is 5.59. The van der Waals surface area contributed by atoms with Crippen molar-refractivity contribution >= 4 is 5.82 Å². The maximum absolute atomic E-state index is 5.59. The minimum Gasteiger partial charge on any atom is -0.374 e. The zero-order valence-electron chi connectivity index (χ0n) is 14.8. The minimum absolute atomic E-state index is 0.521. The molecule has 3 aliphatic rings. The lowest BCUT2D eigenvalue weighted by molar-refractivity contribution is 0.128. The topological polar surface area (TPSA) is 53.5 Å². The van der Waals surface area contributed by atoms with E-state index in [9.17, 15) is 0 Å². The number of ether oxygens (including phenoxy) is 1. The fourth-order valence-corrected chi connectivity index (χ4v) is 4.28. The summed E-state index contributed by atoms with van der Waals surface area (Å²) in [4.78, 5) is 14.9. The van der Waals surface area contributed by atoms with Crippen molar-refractivity contribution in [3.05, 3.63) is 17.1 Å². The van der Waals surface area contributed by atoms with Gasteiger partial charge in [-0.25, -0.2) is 9.97 Å². The van der Waals surface area contributed by atoms with Crippen LogP contribution in [0.3, 0.4) is 0 Å². The quantitative estimate of drug-likeness (QED) is 0.888. The fraction of sp³-hybridized carbons (Fsp3) is 0.778. The fourth-order valence-electron chi connectivity index (χ4n) is 4.28. The Morgan fingerprint density at radius 3 is 3.00 bits per heavy atom. The van der Waals surface area contributed by atoms with Gasteiger partial charge in [-0.15, -0.1) is 0 Å². The number of aromatic nitrogens is 2. The van der Waals surface area contributed by atoms with Crippen molar-refractivity contribution in [1.29, 1.82) is 0 Å². The van der Waals surface area contributed by atoms with Crippen LogP contribution in [0, 0.1) is 0 Å². The van der Waals surface area contributed by atoms with E-state index in [-0.39, 0.29) is 0 Å². The largest absolute Gasteiger partial charge is 0.374 e. The highest BCUT2D eigenvalue weighted by Crippen LogP contribution is 2.29. The van der Waals surface area contributed by atoms with Crippen LogP contribution in [0.2, 0.25) is 0 Å². The number of nitrogens with zero attached hydrogens (tertiary/aromatic N) is 4. The number of hydrogen-bond acceptors (Lipinski definition) is 6. The third-order valence-corrected chi connectivity index (χ3v) is 5.53. The molecular weight excluding hydrogens is 302 g/mol. The molecule has 2 fully saturated rings. The summed E-state index contributed by atoms with van der Waals surface area (Å²) in [5.41, 5.74) is 2.60. The van der Waals surface area contributed by atoms with Gasteiger partial charge in [-0.2, -0.15) is 0 Å². The molecule has 0 aromatic carbocycles. The summed E-state index contributed by atoms with van der Waals surface area (Å²) in [5.74, 6) is 2.03. The molecule has 2 saturated heterocycles. The molecule has 4 rings (SSSR count). The average molecular weight is 331 g/mol. The van der Waals surface area contributed by atoms with Gasteiger partial charge < -0.3 is 15.0 Å². The zero-order chi connectivity index (χ0) is 16.4. The van der Waals surface area contributed by atoms with E-state index in [0.29, 0.717) is 19.3 Å². The van der Waals surface area contributed by atoms with Gasteiger partial charge in [-0.05, 0) is 39.3 Å². The van der Waals surface area contributed by atoms with Crippen molar-refractivity contribution in [2.75, 3.05) is 50.8 Å².